The first-order valence-electron chi connectivity index (χ1n) is 4.10. The van der Waals surface area contributed by atoms with Gasteiger partial charge in [0.05, 0.1) is 0 Å². The number of rotatable bonds is 3. The summed E-state index contributed by atoms with van der Waals surface area (Å²) in [6.07, 6.45) is 0.695. The van der Waals surface area contributed by atoms with Crippen molar-refractivity contribution >= 4 is 11.4 Å². The van der Waals surface area contributed by atoms with Crippen LogP contribution in [0, 0.1) is 0 Å². The van der Waals surface area contributed by atoms with E-state index >= 15 is 0 Å². The molecule has 0 atom stereocenters. The first-order chi connectivity index (χ1) is 6.72. The molecule has 2 N–H and O–H groups in total. The van der Waals surface area contributed by atoms with Crippen molar-refractivity contribution < 1.29 is 14.9 Å². The van der Waals surface area contributed by atoms with E-state index in [1.54, 1.807) is 6.07 Å². The van der Waals surface area contributed by atoms with Crippen molar-refractivity contribution in [1.82, 2.24) is 5.16 Å². The van der Waals surface area contributed by atoms with Gasteiger partial charge in [0, 0.05) is 12.5 Å². The summed E-state index contributed by atoms with van der Waals surface area (Å²) in [6.45, 7) is 3.41. The van der Waals surface area contributed by atoms with Crippen LogP contribution in [0.5, 0.6) is 0 Å². The monoisotopic (exact) mass is 197 g/mol. The van der Waals surface area contributed by atoms with E-state index in [1.807, 2.05) is 6.92 Å². The van der Waals surface area contributed by atoms with Gasteiger partial charge in [-0.3, -0.25) is 0 Å². The molecule has 0 saturated heterocycles. The lowest BCUT2D eigenvalue weighted by molar-refractivity contribution is 0.313. The molecule has 1 aromatic rings. The molecule has 0 aromatic carbocycles. The van der Waals surface area contributed by atoms with Crippen LogP contribution >= 0.6 is 0 Å². The Labute approximate surface area is 80.5 Å². The fourth-order valence-electron chi connectivity index (χ4n) is 0.947. The van der Waals surface area contributed by atoms with Crippen molar-refractivity contribution in [2.75, 3.05) is 0 Å². The van der Waals surface area contributed by atoms with E-state index in [2.05, 4.69) is 15.5 Å². The second kappa shape index (κ2) is 4.40. The SMILES string of the molecule is CCc1cc(C(=NO)C(C)=NO)no1. The van der Waals surface area contributed by atoms with Gasteiger partial charge in [-0.1, -0.05) is 22.4 Å². The third kappa shape index (κ3) is 1.90. The van der Waals surface area contributed by atoms with Gasteiger partial charge in [-0.2, -0.15) is 0 Å². The molecule has 0 spiro atoms. The molecule has 0 radical (unpaired) electrons. The summed E-state index contributed by atoms with van der Waals surface area (Å²) in [4.78, 5) is 0. The molecule has 1 heterocycles. The Kier molecular flexibility index (Phi) is 3.22. The Morgan fingerprint density at radius 3 is 2.64 bits per heavy atom. The zero-order chi connectivity index (χ0) is 10.6. The van der Waals surface area contributed by atoms with Gasteiger partial charge < -0.3 is 14.9 Å². The average molecular weight is 197 g/mol. The molecule has 0 amide bonds. The number of aryl methyl sites for hydroxylation is 1. The molecule has 6 nitrogen and oxygen atoms in total. The van der Waals surface area contributed by atoms with E-state index in [4.69, 9.17) is 14.9 Å². The van der Waals surface area contributed by atoms with Crippen LogP contribution in [0.15, 0.2) is 20.9 Å². The summed E-state index contributed by atoms with van der Waals surface area (Å²) in [5.74, 6) is 0.673. The minimum Gasteiger partial charge on any atom is -0.411 e. The molecular formula is C8H11N3O3. The summed E-state index contributed by atoms with van der Waals surface area (Å²) in [6, 6.07) is 1.63. The Morgan fingerprint density at radius 2 is 2.21 bits per heavy atom. The van der Waals surface area contributed by atoms with Crippen LogP contribution in [-0.2, 0) is 6.42 Å². The minimum atomic E-state index is 0.0935. The largest absolute Gasteiger partial charge is 0.411 e. The predicted molar refractivity (Wildman–Crippen MR) is 49.1 cm³/mol. The Balaban J connectivity index is 3.02. The van der Waals surface area contributed by atoms with Crippen LogP contribution in [-0.4, -0.2) is 27.0 Å². The second-order valence-corrected chi connectivity index (χ2v) is 2.67. The summed E-state index contributed by atoms with van der Waals surface area (Å²) in [5.41, 5.74) is 0.610. The van der Waals surface area contributed by atoms with Crippen LogP contribution in [0.25, 0.3) is 0 Å². The molecule has 0 saturated carbocycles. The van der Waals surface area contributed by atoms with Crippen LogP contribution in [0.4, 0.5) is 0 Å². The highest BCUT2D eigenvalue weighted by Gasteiger charge is 2.13. The summed E-state index contributed by atoms with van der Waals surface area (Å²) >= 11 is 0. The van der Waals surface area contributed by atoms with Crippen molar-refractivity contribution in [2.24, 2.45) is 10.3 Å². The van der Waals surface area contributed by atoms with Crippen LogP contribution in [0.3, 0.4) is 0 Å². The van der Waals surface area contributed by atoms with Gasteiger partial charge in [-0.15, -0.1) is 0 Å². The lowest BCUT2D eigenvalue weighted by Gasteiger charge is -1.94. The summed E-state index contributed by atoms with van der Waals surface area (Å²) in [5, 5.41) is 26.7. The molecule has 14 heavy (non-hydrogen) atoms. The standard InChI is InChI=1S/C8H11N3O3/c1-3-6-4-7(11-14-6)8(10-13)5(2)9-12/h4,12-13H,3H2,1-2H3. The van der Waals surface area contributed by atoms with Gasteiger partial charge in [0.15, 0.2) is 5.71 Å². The van der Waals surface area contributed by atoms with Crippen molar-refractivity contribution in [1.29, 1.82) is 0 Å². The highest BCUT2D eigenvalue weighted by molar-refractivity contribution is 6.46. The maximum atomic E-state index is 8.68. The van der Waals surface area contributed by atoms with Crippen LogP contribution in [0.1, 0.15) is 25.3 Å². The number of hydrogen-bond acceptors (Lipinski definition) is 6. The van der Waals surface area contributed by atoms with Crippen molar-refractivity contribution in [3.05, 3.63) is 17.5 Å². The van der Waals surface area contributed by atoms with E-state index in [-0.39, 0.29) is 11.4 Å². The second-order valence-electron chi connectivity index (χ2n) is 2.67. The summed E-state index contributed by atoms with van der Waals surface area (Å²) < 4.78 is 4.91. The van der Waals surface area contributed by atoms with E-state index in [9.17, 15) is 0 Å². The van der Waals surface area contributed by atoms with E-state index in [0.717, 1.165) is 0 Å². The average Bonchev–Trinajstić information content (AvgIpc) is 2.67. The lowest BCUT2D eigenvalue weighted by atomic mass is 10.2. The van der Waals surface area contributed by atoms with Gasteiger partial charge in [-0.25, -0.2) is 0 Å². The third-order valence-electron chi connectivity index (χ3n) is 1.74. The molecule has 1 aromatic heterocycles. The van der Waals surface area contributed by atoms with E-state index in [1.165, 1.54) is 6.92 Å². The molecule has 0 aliphatic heterocycles. The molecule has 76 valence electrons. The number of nitrogens with zero attached hydrogens (tertiary/aromatic N) is 3. The predicted octanol–water partition coefficient (Wildman–Crippen LogP) is 1.27. The number of oxime groups is 2. The van der Waals surface area contributed by atoms with Gasteiger partial charge in [0.1, 0.15) is 17.2 Å². The van der Waals surface area contributed by atoms with Gasteiger partial charge in [0.25, 0.3) is 0 Å². The quantitative estimate of drug-likeness (QED) is 0.433. The van der Waals surface area contributed by atoms with Crippen molar-refractivity contribution in [2.45, 2.75) is 20.3 Å². The smallest absolute Gasteiger partial charge is 0.156 e. The molecule has 0 aliphatic rings. The van der Waals surface area contributed by atoms with Crippen LogP contribution in [0.2, 0.25) is 0 Å². The van der Waals surface area contributed by atoms with Gasteiger partial charge in [-0.05, 0) is 6.92 Å². The normalized spacial score (nSPS) is 13.3. The maximum Gasteiger partial charge on any atom is 0.156 e. The fraction of sp³-hybridized carbons (Fsp3) is 0.375. The van der Waals surface area contributed by atoms with E-state index < -0.39 is 0 Å². The molecule has 0 fully saturated rings. The fourth-order valence-corrected chi connectivity index (χ4v) is 0.947. The molecule has 6 heteroatoms. The van der Waals surface area contributed by atoms with Crippen molar-refractivity contribution in [3.63, 3.8) is 0 Å². The Bertz CT molecular complexity index is 368. The lowest BCUT2D eigenvalue weighted by Crippen LogP contribution is -2.12. The first-order valence-corrected chi connectivity index (χ1v) is 4.10. The molecule has 0 unspecified atom stereocenters. The molecule has 1 rings (SSSR count). The minimum absolute atomic E-state index is 0.0935. The zero-order valence-corrected chi connectivity index (χ0v) is 7.93. The van der Waals surface area contributed by atoms with Gasteiger partial charge in [0.2, 0.25) is 0 Å². The third-order valence-corrected chi connectivity index (χ3v) is 1.74. The number of hydrogen-bond donors (Lipinski definition) is 2. The van der Waals surface area contributed by atoms with Crippen molar-refractivity contribution in [3.8, 4) is 0 Å². The van der Waals surface area contributed by atoms with E-state index in [0.29, 0.717) is 17.9 Å². The number of aromatic nitrogens is 1. The van der Waals surface area contributed by atoms with Crippen LogP contribution < -0.4 is 0 Å². The zero-order valence-electron chi connectivity index (χ0n) is 7.93. The highest BCUT2D eigenvalue weighted by atomic mass is 16.5. The Morgan fingerprint density at radius 1 is 1.50 bits per heavy atom. The Hall–Kier alpha value is -1.85. The first kappa shape index (κ1) is 10.2. The molecule has 0 bridgehead atoms. The van der Waals surface area contributed by atoms with Gasteiger partial charge >= 0.3 is 0 Å². The summed E-state index contributed by atoms with van der Waals surface area (Å²) in [7, 11) is 0. The maximum absolute atomic E-state index is 8.68. The molecular weight excluding hydrogens is 186 g/mol. The topological polar surface area (TPSA) is 91.2 Å². The molecule has 0 aliphatic carbocycles. The highest BCUT2D eigenvalue weighted by Crippen LogP contribution is 2.06.